The molecular weight excluding hydrogens is 372 g/mol. The van der Waals surface area contributed by atoms with Crippen LogP contribution in [0.5, 0.6) is 11.5 Å². The highest BCUT2D eigenvalue weighted by molar-refractivity contribution is 5.78. The van der Waals surface area contributed by atoms with Gasteiger partial charge in [0.25, 0.3) is 0 Å². The quantitative estimate of drug-likeness (QED) is 0.718. The maximum atomic E-state index is 12.8. The van der Waals surface area contributed by atoms with Gasteiger partial charge in [0, 0.05) is 13.0 Å². The topological polar surface area (TPSA) is 82.7 Å². The maximum absolute atomic E-state index is 12.8. The van der Waals surface area contributed by atoms with Crippen LogP contribution in [0.3, 0.4) is 0 Å². The number of fused-ring (bicyclic) bond motifs is 2. The van der Waals surface area contributed by atoms with Crippen molar-refractivity contribution in [2.24, 2.45) is 0 Å². The zero-order valence-electron chi connectivity index (χ0n) is 16.0. The van der Waals surface area contributed by atoms with E-state index >= 15 is 0 Å². The molecule has 7 heteroatoms. The molecule has 29 heavy (non-hydrogen) atoms. The molecular formula is C22H22N2O5. The number of rotatable bonds is 5. The second kappa shape index (κ2) is 6.99. The van der Waals surface area contributed by atoms with Crippen molar-refractivity contribution in [2.45, 2.75) is 44.2 Å². The highest BCUT2D eigenvalue weighted by Gasteiger charge is 2.38. The van der Waals surface area contributed by atoms with Crippen molar-refractivity contribution >= 4 is 17.0 Å². The third-order valence-electron chi connectivity index (χ3n) is 5.90. The van der Waals surface area contributed by atoms with Gasteiger partial charge in [-0.1, -0.05) is 31.0 Å². The van der Waals surface area contributed by atoms with Crippen LogP contribution >= 0.6 is 0 Å². The molecule has 0 spiro atoms. The van der Waals surface area contributed by atoms with Crippen LogP contribution in [0.15, 0.2) is 51.7 Å². The molecule has 2 aliphatic rings. The van der Waals surface area contributed by atoms with E-state index < -0.39 is 11.3 Å². The fourth-order valence-electron chi connectivity index (χ4n) is 4.43. The Kier molecular flexibility index (Phi) is 4.30. The molecule has 1 amide bonds. The summed E-state index contributed by atoms with van der Waals surface area (Å²) in [5, 5.41) is 3.25. The van der Waals surface area contributed by atoms with E-state index in [1.807, 2.05) is 36.4 Å². The predicted molar refractivity (Wildman–Crippen MR) is 106 cm³/mol. The molecule has 0 bridgehead atoms. The molecule has 1 fully saturated rings. The number of hydrogen-bond donors (Lipinski definition) is 1. The summed E-state index contributed by atoms with van der Waals surface area (Å²) in [6, 6.07) is 13.1. The molecule has 1 saturated carbocycles. The zero-order valence-corrected chi connectivity index (χ0v) is 16.0. The van der Waals surface area contributed by atoms with E-state index in [1.165, 1.54) is 4.57 Å². The third kappa shape index (κ3) is 3.16. The van der Waals surface area contributed by atoms with Crippen LogP contribution in [-0.2, 0) is 16.9 Å². The van der Waals surface area contributed by atoms with Gasteiger partial charge >= 0.3 is 5.76 Å². The van der Waals surface area contributed by atoms with Crippen molar-refractivity contribution in [1.29, 1.82) is 0 Å². The van der Waals surface area contributed by atoms with Crippen molar-refractivity contribution in [3.05, 3.63) is 58.6 Å². The van der Waals surface area contributed by atoms with Gasteiger partial charge in [-0.2, -0.15) is 0 Å². The number of aryl methyl sites for hydroxylation is 1. The number of carbonyl (C=O) groups is 1. The molecule has 5 rings (SSSR count). The standard InChI is InChI=1S/C22H22N2O5/c25-20(9-12-24-16-5-1-2-6-17(16)29-21(24)26)23-22(10-3-4-11-22)15-7-8-18-19(13-15)28-14-27-18/h1-2,5-8,13H,3-4,9-12,14H2,(H,23,25). The molecule has 7 nitrogen and oxygen atoms in total. The van der Waals surface area contributed by atoms with Crippen molar-refractivity contribution in [2.75, 3.05) is 6.79 Å². The summed E-state index contributed by atoms with van der Waals surface area (Å²) in [4.78, 5) is 25.0. The SMILES string of the molecule is O=C(CCn1c(=O)oc2ccccc21)NC1(c2ccc3c(c2)OCO3)CCCC1. The highest BCUT2D eigenvalue weighted by atomic mass is 16.7. The molecule has 1 aromatic heterocycles. The Morgan fingerprint density at radius 3 is 2.72 bits per heavy atom. The predicted octanol–water partition coefficient (Wildman–Crippen LogP) is 3.30. The Bertz CT molecular complexity index is 1120. The van der Waals surface area contributed by atoms with Crippen LogP contribution < -0.4 is 20.5 Å². The number of hydrogen-bond acceptors (Lipinski definition) is 5. The minimum atomic E-state index is -0.439. The monoisotopic (exact) mass is 394 g/mol. The van der Waals surface area contributed by atoms with Crippen LogP contribution in [0.1, 0.15) is 37.7 Å². The summed E-state index contributed by atoms with van der Waals surface area (Å²) >= 11 is 0. The van der Waals surface area contributed by atoms with Crippen molar-refractivity contribution in [1.82, 2.24) is 9.88 Å². The number of ether oxygens (including phenoxy) is 2. The van der Waals surface area contributed by atoms with Crippen LogP contribution in [0, 0.1) is 0 Å². The van der Waals surface area contributed by atoms with Crippen LogP contribution in [0.2, 0.25) is 0 Å². The summed E-state index contributed by atoms with van der Waals surface area (Å²) < 4.78 is 17.7. The number of nitrogens with one attached hydrogen (secondary N) is 1. The maximum Gasteiger partial charge on any atom is 0.419 e. The van der Waals surface area contributed by atoms with Crippen LogP contribution in [-0.4, -0.2) is 17.3 Å². The lowest BCUT2D eigenvalue weighted by atomic mass is 9.87. The fourth-order valence-corrected chi connectivity index (χ4v) is 4.43. The molecule has 0 radical (unpaired) electrons. The first-order chi connectivity index (χ1) is 14.1. The van der Waals surface area contributed by atoms with Gasteiger partial charge in [-0.15, -0.1) is 0 Å². The van der Waals surface area contributed by atoms with E-state index in [4.69, 9.17) is 13.9 Å². The van der Waals surface area contributed by atoms with Gasteiger partial charge in [0.2, 0.25) is 12.7 Å². The molecule has 2 aromatic carbocycles. The van der Waals surface area contributed by atoms with Gasteiger partial charge in [-0.25, -0.2) is 4.79 Å². The number of oxazole rings is 1. The summed E-state index contributed by atoms with van der Waals surface area (Å²) in [5.41, 5.74) is 1.88. The number of para-hydroxylation sites is 2. The van der Waals surface area contributed by atoms with Crippen molar-refractivity contribution in [3.8, 4) is 11.5 Å². The minimum absolute atomic E-state index is 0.0817. The lowest BCUT2D eigenvalue weighted by Crippen LogP contribution is -2.44. The summed E-state index contributed by atoms with van der Waals surface area (Å²) in [6.45, 7) is 0.504. The van der Waals surface area contributed by atoms with E-state index in [0.29, 0.717) is 11.1 Å². The second-order valence-electron chi connectivity index (χ2n) is 7.64. The molecule has 0 unspecified atom stereocenters. The van der Waals surface area contributed by atoms with E-state index in [9.17, 15) is 9.59 Å². The number of aromatic nitrogens is 1. The number of carbonyl (C=O) groups excluding carboxylic acids is 1. The number of amides is 1. The van der Waals surface area contributed by atoms with Gasteiger partial charge in [-0.3, -0.25) is 9.36 Å². The Hall–Kier alpha value is -3.22. The smallest absolute Gasteiger partial charge is 0.419 e. The average molecular weight is 394 g/mol. The molecule has 150 valence electrons. The van der Waals surface area contributed by atoms with Crippen LogP contribution in [0.25, 0.3) is 11.1 Å². The van der Waals surface area contributed by atoms with Crippen molar-refractivity contribution < 1.29 is 18.7 Å². The lowest BCUT2D eigenvalue weighted by molar-refractivity contribution is -0.123. The molecule has 1 N–H and O–H groups in total. The summed E-state index contributed by atoms with van der Waals surface area (Å²) in [7, 11) is 0. The van der Waals surface area contributed by atoms with Gasteiger partial charge < -0.3 is 19.2 Å². The molecule has 0 saturated heterocycles. The van der Waals surface area contributed by atoms with Gasteiger partial charge in [0.15, 0.2) is 17.1 Å². The normalized spacial score (nSPS) is 17.0. The summed E-state index contributed by atoms with van der Waals surface area (Å²) in [6.07, 6.45) is 4.08. The highest BCUT2D eigenvalue weighted by Crippen LogP contribution is 2.43. The Labute approximate surface area is 167 Å². The average Bonchev–Trinajstić information content (AvgIpc) is 3.44. The Balaban J connectivity index is 1.34. The first kappa shape index (κ1) is 17.8. The Morgan fingerprint density at radius 1 is 1.07 bits per heavy atom. The third-order valence-corrected chi connectivity index (χ3v) is 5.90. The summed E-state index contributed by atoms with van der Waals surface area (Å²) in [5.74, 6) is 0.936. The lowest BCUT2D eigenvalue weighted by Gasteiger charge is -2.31. The first-order valence-electron chi connectivity index (χ1n) is 9.94. The van der Waals surface area contributed by atoms with Crippen LogP contribution in [0.4, 0.5) is 0 Å². The Morgan fingerprint density at radius 2 is 1.86 bits per heavy atom. The van der Waals surface area contributed by atoms with Crippen molar-refractivity contribution in [3.63, 3.8) is 0 Å². The number of benzene rings is 2. The second-order valence-corrected chi connectivity index (χ2v) is 7.64. The molecule has 1 aliphatic carbocycles. The molecule has 2 heterocycles. The minimum Gasteiger partial charge on any atom is -0.454 e. The largest absolute Gasteiger partial charge is 0.454 e. The van der Waals surface area contributed by atoms with Gasteiger partial charge in [-0.05, 0) is 42.7 Å². The first-order valence-corrected chi connectivity index (χ1v) is 9.94. The van der Waals surface area contributed by atoms with Gasteiger partial charge in [0.1, 0.15) is 0 Å². The molecule has 3 aromatic rings. The van der Waals surface area contributed by atoms with E-state index in [0.717, 1.165) is 42.7 Å². The van der Waals surface area contributed by atoms with E-state index in [1.54, 1.807) is 6.07 Å². The van der Waals surface area contributed by atoms with Gasteiger partial charge in [0.05, 0.1) is 11.1 Å². The molecule has 1 aliphatic heterocycles. The molecule has 0 atom stereocenters. The zero-order chi connectivity index (χ0) is 19.8. The van der Waals surface area contributed by atoms with E-state index in [2.05, 4.69) is 5.32 Å². The number of nitrogens with zero attached hydrogens (tertiary/aromatic N) is 1. The fraction of sp³-hybridized carbons (Fsp3) is 0.364. The van der Waals surface area contributed by atoms with E-state index in [-0.39, 0.29) is 25.7 Å².